The SMILES string of the molecule is COc1ccc(C2=C[C@@H](c3cccc(Br)c3)n3nc(CCCO)nc3N2)cc1OC. The first-order valence-electron chi connectivity index (χ1n) is 9.66. The Morgan fingerprint density at radius 1 is 1.13 bits per heavy atom. The number of aromatic nitrogens is 3. The Balaban J connectivity index is 1.78. The van der Waals surface area contributed by atoms with Crippen molar-refractivity contribution in [1.82, 2.24) is 14.8 Å². The average molecular weight is 471 g/mol. The van der Waals surface area contributed by atoms with E-state index in [0.717, 1.165) is 21.3 Å². The van der Waals surface area contributed by atoms with Crippen molar-refractivity contribution in [1.29, 1.82) is 0 Å². The van der Waals surface area contributed by atoms with Gasteiger partial charge in [-0.15, -0.1) is 0 Å². The van der Waals surface area contributed by atoms with Crippen LogP contribution < -0.4 is 14.8 Å². The fourth-order valence-corrected chi connectivity index (χ4v) is 3.90. The summed E-state index contributed by atoms with van der Waals surface area (Å²) in [4.78, 5) is 4.66. The average Bonchev–Trinajstić information content (AvgIpc) is 3.19. The fraction of sp³-hybridized carbons (Fsp3) is 0.273. The van der Waals surface area contributed by atoms with E-state index < -0.39 is 0 Å². The van der Waals surface area contributed by atoms with Gasteiger partial charge in [0.05, 0.1) is 14.2 Å². The van der Waals surface area contributed by atoms with Crippen LogP contribution in [0, 0.1) is 0 Å². The second kappa shape index (κ2) is 8.89. The lowest BCUT2D eigenvalue weighted by Gasteiger charge is -2.25. The topological polar surface area (TPSA) is 81.4 Å². The Hall–Kier alpha value is -2.84. The molecule has 2 aromatic carbocycles. The lowest BCUT2D eigenvalue weighted by molar-refractivity contribution is 0.287. The first-order valence-corrected chi connectivity index (χ1v) is 10.4. The standard InChI is InChI=1S/C22H23BrN4O3/c1-29-19-9-8-14(12-20(19)30-2)17-13-18(15-5-3-6-16(23)11-15)27-22(24-17)25-21(26-27)7-4-10-28/h3,5-6,8-9,11-13,18,28H,4,7,10H2,1-2H3,(H,24,25,26)/t18-/m0/s1. The highest BCUT2D eigenvalue weighted by atomic mass is 79.9. The van der Waals surface area contributed by atoms with E-state index in [9.17, 15) is 0 Å². The van der Waals surface area contributed by atoms with Gasteiger partial charge < -0.3 is 19.9 Å². The van der Waals surface area contributed by atoms with Gasteiger partial charge in [-0.25, -0.2) is 4.68 Å². The maximum absolute atomic E-state index is 9.16. The van der Waals surface area contributed by atoms with Gasteiger partial charge in [0.1, 0.15) is 6.04 Å². The van der Waals surface area contributed by atoms with E-state index >= 15 is 0 Å². The number of aryl methyl sites for hydroxylation is 1. The number of aliphatic hydroxyl groups is 1. The number of allylic oxidation sites excluding steroid dienone is 1. The second-order valence-electron chi connectivity index (χ2n) is 6.90. The molecule has 7 nitrogen and oxygen atoms in total. The molecule has 0 fully saturated rings. The first kappa shape index (κ1) is 20.4. The van der Waals surface area contributed by atoms with Crippen molar-refractivity contribution in [2.75, 3.05) is 26.1 Å². The number of fused-ring (bicyclic) bond motifs is 1. The number of nitrogens with one attached hydrogen (secondary N) is 1. The fourth-order valence-electron chi connectivity index (χ4n) is 3.48. The predicted molar refractivity (Wildman–Crippen MR) is 119 cm³/mol. The summed E-state index contributed by atoms with van der Waals surface area (Å²) >= 11 is 3.56. The number of methoxy groups -OCH3 is 2. The van der Waals surface area contributed by atoms with Gasteiger partial charge in [-0.3, -0.25) is 0 Å². The summed E-state index contributed by atoms with van der Waals surface area (Å²) in [6.07, 6.45) is 3.37. The van der Waals surface area contributed by atoms with Crippen molar-refractivity contribution in [3.63, 3.8) is 0 Å². The lowest BCUT2D eigenvalue weighted by Crippen LogP contribution is -2.20. The van der Waals surface area contributed by atoms with Gasteiger partial charge in [0, 0.05) is 28.8 Å². The summed E-state index contributed by atoms with van der Waals surface area (Å²) in [6, 6.07) is 13.8. The van der Waals surface area contributed by atoms with E-state index in [-0.39, 0.29) is 12.6 Å². The molecule has 1 aromatic heterocycles. The third kappa shape index (κ3) is 4.06. The van der Waals surface area contributed by atoms with E-state index in [0.29, 0.717) is 36.1 Å². The molecule has 156 valence electrons. The molecule has 30 heavy (non-hydrogen) atoms. The maximum atomic E-state index is 9.16. The molecule has 4 rings (SSSR count). The number of aliphatic hydroxyl groups excluding tert-OH is 1. The monoisotopic (exact) mass is 470 g/mol. The van der Waals surface area contributed by atoms with Crippen molar-refractivity contribution in [3.05, 3.63) is 70.0 Å². The van der Waals surface area contributed by atoms with Crippen LogP contribution in [0.2, 0.25) is 0 Å². The van der Waals surface area contributed by atoms with E-state index in [4.69, 9.17) is 19.7 Å². The molecule has 1 atom stereocenters. The van der Waals surface area contributed by atoms with Crippen molar-refractivity contribution >= 4 is 27.6 Å². The first-order chi connectivity index (χ1) is 14.6. The quantitative estimate of drug-likeness (QED) is 0.542. The summed E-state index contributed by atoms with van der Waals surface area (Å²) in [5.74, 6) is 2.71. The van der Waals surface area contributed by atoms with Crippen LogP contribution in [0.25, 0.3) is 5.70 Å². The van der Waals surface area contributed by atoms with E-state index in [1.165, 1.54) is 0 Å². The number of rotatable bonds is 7. The molecule has 0 saturated carbocycles. The largest absolute Gasteiger partial charge is 0.493 e. The number of nitrogens with zero attached hydrogens (tertiary/aromatic N) is 3. The molecule has 0 unspecified atom stereocenters. The summed E-state index contributed by atoms with van der Waals surface area (Å²) in [5, 5.41) is 17.2. The molecule has 8 heteroatoms. The van der Waals surface area contributed by atoms with Gasteiger partial charge in [-0.2, -0.15) is 10.1 Å². The molecule has 0 radical (unpaired) electrons. The molecule has 0 saturated heterocycles. The summed E-state index contributed by atoms with van der Waals surface area (Å²) in [5.41, 5.74) is 2.96. The molecule has 0 spiro atoms. The summed E-state index contributed by atoms with van der Waals surface area (Å²) in [7, 11) is 3.24. The normalized spacial score (nSPS) is 15.2. The zero-order valence-electron chi connectivity index (χ0n) is 16.8. The number of ether oxygens (including phenoxy) is 2. The van der Waals surface area contributed by atoms with Gasteiger partial charge in [0.25, 0.3) is 0 Å². The molecular formula is C22H23BrN4O3. The molecule has 2 N–H and O–H groups in total. The highest BCUT2D eigenvalue weighted by molar-refractivity contribution is 9.10. The zero-order chi connectivity index (χ0) is 21.1. The van der Waals surface area contributed by atoms with Crippen LogP contribution in [0.4, 0.5) is 5.95 Å². The predicted octanol–water partition coefficient (Wildman–Crippen LogP) is 4.04. The molecule has 1 aliphatic rings. The van der Waals surface area contributed by atoms with E-state index in [1.54, 1.807) is 14.2 Å². The highest BCUT2D eigenvalue weighted by Gasteiger charge is 2.25. The number of hydrogen-bond donors (Lipinski definition) is 2. The Labute approximate surface area is 183 Å². The van der Waals surface area contributed by atoms with Crippen molar-refractivity contribution in [2.24, 2.45) is 0 Å². The van der Waals surface area contributed by atoms with E-state index in [2.05, 4.69) is 44.4 Å². The number of anilines is 1. The molecule has 0 amide bonds. The van der Waals surface area contributed by atoms with Gasteiger partial charge in [-0.05, 0) is 48.4 Å². The van der Waals surface area contributed by atoms with Crippen LogP contribution in [0.1, 0.15) is 29.4 Å². The van der Waals surface area contributed by atoms with Crippen molar-refractivity contribution < 1.29 is 14.6 Å². The third-order valence-electron chi connectivity index (χ3n) is 4.95. The second-order valence-corrected chi connectivity index (χ2v) is 7.81. The molecule has 0 aliphatic carbocycles. The number of halogens is 1. The van der Waals surface area contributed by atoms with Crippen LogP contribution in [0.15, 0.2) is 53.0 Å². The lowest BCUT2D eigenvalue weighted by atomic mass is 10.0. The van der Waals surface area contributed by atoms with Crippen LogP contribution >= 0.6 is 15.9 Å². The summed E-state index contributed by atoms with van der Waals surface area (Å²) in [6.45, 7) is 0.113. The third-order valence-corrected chi connectivity index (χ3v) is 5.45. The molecule has 1 aliphatic heterocycles. The van der Waals surface area contributed by atoms with E-state index in [1.807, 2.05) is 35.0 Å². The zero-order valence-corrected chi connectivity index (χ0v) is 18.4. The molecular weight excluding hydrogens is 448 g/mol. The minimum atomic E-state index is -0.128. The van der Waals surface area contributed by atoms with Crippen LogP contribution in [0.5, 0.6) is 11.5 Å². The van der Waals surface area contributed by atoms with Gasteiger partial charge >= 0.3 is 0 Å². The van der Waals surface area contributed by atoms with Gasteiger partial charge in [0.15, 0.2) is 17.3 Å². The molecule has 2 heterocycles. The summed E-state index contributed by atoms with van der Waals surface area (Å²) < 4.78 is 13.7. The Morgan fingerprint density at radius 3 is 2.70 bits per heavy atom. The Bertz CT molecular complexity index is 1080. The number of benzene rings is 2. The molecule has 0 bridgehead atoms. The van der Waals surface area contributed by atoms with Crippen LogP contribution in [0.3, 0.4) is 0 Å². The maximum Gasteiger partial charge on any atom is 0.226 e. The minimum Gasteiger partial charge on any atom is -0.493 e. The minimum absolute atomic E-state index is 0.113. The van der Waals surface area contributed by atoms with Crippen molar-refractivity contribution in [3.8, 4) is 11.5 Å². The van der Waals surface area contributed by atoms with Crippen molar-refractivity contribution in [2.45, 2.75) is 18.9 Å². The van der Waals surface area contributed by atoms with Gasteiger partial charge in [0.2, 0.25) is 5.95 Å². The smallest absolute Gasteiger partial charge is 0.226 e. The Kier molecular flexibility index (Phi) is 6.06. The van der Waals surface area contributed by atoms with Gasteiger partial charge in [-0.1, -0.05) is 28.1 Å². The highest BCUT2D eigenvalue weighted by Crippen LogP contribution is 2.36. The van der Waals surface area contributed by atoms with Crippen LogP contribution in [-0.2, 0) is 6.42 Å². The molecule has 3 aromatic rings. The number of hydrogen-bond acceptors (Lipinski definition) is 6. The Morgan fingerprint density at radius 2 is 1.97 bits per heavy atom. The van der Waals surface area contributed by atoms with Crippen LogP contribution in [-0.4, -0.2) is 40.7 Å².